The van der Waals surface area contributed by atoms with Gasteiger partial charge in [-0.3, -0.25) is 0 Å². The van der Waals surface area contributed by atoms with E-state index in [-0.39, 0.29) is 78.3 Å². The molecule has 0 fully saturated rings. The Bertz CT molecular complexity index is 62.2. The molecule has 0 aromatic carbocycles. The maximum absolute atomic E-state index is 8.55. The van der Waals surface area contributed by atoms with Gasteiger partial charge in [0.15, 0.2) is 0 Å². The van der Waals surface area contributed by atoms with Gasteiger partial charge in [0.05, 0.1) is 0 Å². The fraction of sp³-hybridized carbons (Fsp3) is 0. The minimum atomic E-state index is -5.39. The van der Waals surface area contributed by atoms with E-state index in [2.05, 4.69) is 0 Å². The second-order valence-electron chi connectivity index (χ2n) is 0.447. The molecule has 0 aliphatic heterocycles. The summed E-state index contributed by atoms with van der Waals surface area (Å²) >= 11 is 0. The summed E-state index contributed by atoms with van der Waals surface area (Å²) in [6, 6.07) is 0. The molecule has 0 N–H and O–H groups in total. The molecule has 0 spiro atoms. The van der Waals surface area contributed by atoms with Crippen LogP contribution in [0.5, 0.6) is 0 Å². The molecule has 0 radical (unpaired) electrons. The van der Waals surface area contributed by atoms with Crippen LogP contribution >= 0.6 is 7.82 Å². The van der Waals surface area contributed by atoms with Crippen LogP contribution in [0.15, 0.2) is 0 Å². The number of hydrogen-bond donors (Lipinski definition) is 0. The number of hydrogen-bond acceptors (Lipinski definition) is 4. The minimum Gasteiger partial charge on any atom is -0.822 e. The van der Waals surface area contributed by atoms with Crippen LogP contribution in [0.3, 0.4) is 0 Å². The molecule has 0 aliphatic rings. The van der Waals surface area contributed by atoms with Crippen LogP contribution in [-0.2, 0) is 4.57 Å². The Labute approximate surface area is 104 Å². The zero-order valence-corrected chi connectivity index (χ0v) is 10.4. The van der Waals surface area contributed by atoms with Crippen molar-refractivity contribution in [3.63, 3.8) is 0 Å². The van der Waals surface area contributed by atoms with Gasteiger partial charge in [0.1, 0.15) is 0 Å². The summed E-state index contributed by atoms with van der Waals surface area (Å²) in [4.78, 5) is 25.6. The van der Waals surface area contributed by atoms with Crippen molar-refractivity contribution in [1.29, 1.82) is 0 Å². The van der Waals surface area contributed by atoms with Gasteiger partial charge in [-0.05, 0) is 0 Å². The van der Waals surface area contributed by atoms with Crippen molar-refractivity contribution < 1.29 is 48.8 Å². The summed E-state index contributed by atoms with van der Waals surface area (Å²) in [6.07, 6.45) is 0. The molecule has 0 aliphatic carbocycles. The van der Waals surface area contributed by atoms with Crippen molar-refractivity contribution >= 4 is 56.5 Å². The third-order valence-electron chi connectivity index (χ3n) is 0. The summed E-state index contributed by atoms with van der Waals surface area (Å²) in [5.74, 6) is 0. The quantitative estimate of drug-likeness (QED) is 0.278. The van der Waals surface area contributed by atoms with E-state index in [0.717, 1.165) is 0 Å². The van der Waals surface area contributed by atoms with Crippen molar-refractivity contribution in [2.45, 2.75) is 0 Å². The normalized spacial score (nSPS) is 7.38. The Kier molecular flexibility index (Phi) is 26.9. The van der Waals surface area contributed by atoms with Crippen molar-refractivity contribution in [2.75, 3.05) is 0 Å². The molecular formula is CaNaO4PSi+4. The number of rotatable bonds is 0. The molecule has 8 heavy (non-hydrogen) atoms. The predicted molar refractivity (Wildman–Crippen MR) is 19.1 cm³/mol. The van der Waals surface area contributed by atoms with E-state index in [1.54, 1.807) is 0 Å². The van der Waals surface area contributed by atoms with E-state index in [9.17, 15) is 0 Å². The second kappa shape index (κ2) is 9.59. The molecule has 8 heteroatoms. The third-order valence-corrected chi connectivity index (χ3v) is 0. The van der Waals surface area contributed by atoms with E-state index in [4.69, 9.17) is 19.2 Å². The van der Waals surface area contributed by atoms with Crippen LogP contribution in [0.1, 0.15) is 0 Å². The molecule has 0 saturated heterocycles. The summed E-state index contributed by atoms with van der Waals surface area (Å²) in [5.41, 5.74) is 0. The summed E-state index contributed by atoms with van der Waals surface area (Å²) in [5, 5.41) is 0. The van der Waals surface area contributed by atoms with Gasteiger partial charge in [-0.1, -0.05) is 0 Å². The Morgan fingerprint density at radius 1 is 1.12 bits per heavy atom. The van der Waals surface area contributed by atoms with E-state index >= 15 is 0 Å². The third kappa shape index (κ3) is 73.9. The standard InChI is InChI=1S/Ca.Na.H3O4P.Si/c;;1-5(2,3)4;/h;;(H3,1,2,3,4);/q+2;+1;;+4/p-3. The van der Waals surface area contributed by atoms with Gasteiger partial charge in [0.25, 0.3) is 0 Å². The van der Waals surface area contributed by atoms with Gasteiger partial charge >= 0.3 is 78.3 Å². The van der Waals surface area contributed by atoms with Gasteiger partial charge < -0.3 is 19.2 Å². The van der Waals surface area contributed by atoms with Crippen molar-refractivity contribution in [3.05, 3.63) is 0 Å². The van der Waals surface area contributed by atoms with Gasteiger partial charge in [-0.2, -0.15) is 7.82 Å². The van der Waals surface area contributed by atoms with Gasteiger partial charge in [-0.15, -0.1) is 0 Å². The van der Waals surface area contributed by atoms with Gasteiger partial charge in [0, 0.05) is 0 Å². The fourth-order valence-corrected chi connectivity index (χ4v) is 0. The Balaban J connectivity index is -0.0000000267. The monoisotopic (exact) mass is 186 g/mol. The average molecular weight is 186 g/mol. The van der Waals surface area contributed by atoms with Crippen LogP contribution in [0, 0.1) is 0 Å². The molecule has 0 unspecified atom stereocenters. The first-order chi connectivity index (χ1) is 2.00. The van der Waals surface area contributed by atoms with E-state index in [0.29, 0.717) is 0 Å². The smallest absolute Gasteiger partial charge is 0.822 e. The topological polar surface area (TPSA) is 86.2 Å². The molecule has 0 heterocycles. The molecule has 0 saturated carbocycles. The maximum Gasteiger partial charge on any atom is 4.00 e. The molecule has 0 aromatic rings. The van der Waals surface area contributed by atoms with E-state index in [1.807, 2.05) is 0 Å². The Morgan fingerprint density at radius 2 is 1.12 bits per heavy atom. The van der Waals surface area contributed by atoms with Crippen LogP contribution in [0.2, 0.25) is 0 Å². The molecular weight excluding hydrogens is 186 g/mol. The van der Waals surface area contributed by atoms with Crippen LogP contribution in [0.25, 0.3) is 0 Å². The first kappa shape index (κ1) is 22.4. The Hall–Kier alpha value is 2.59. The summed E-state index contributed by atoms with van der Waals surface area (Å²) < 4.78 is 8.55. The average Bonchev–Trinajstić information content (AvgIpc) is 0.722. The largest absolute Gasteiger partial charge is 4.00 e. The SMILES string of the molecule is O=P([O-])([O-])[O-].[Ca+2].[Na+].[Si+4]. The summed E-state index contributed by atoms with van der Waals surface area (Å²) in [7, 11) is -5.39. The molecule has 0 rings (SSSR count). The van der Waals surface area contributed by atoms with Crippen molar-refractivity contribution in [2.24, 2.45) is 0 Å². The molecule has 0 bridgehead atoms. The second-order valence-corrected chi connectivity index (χ2v) is 1.34. The predicted octanol–water partition coefficient (Wildman–Crippen LogP) is -6.58. The van der Waals surface area contributed by atoms with Crippen LogP contribution < -0.4 is 44.2 Å². The zero-order valence-electron chi connectivity index (χ0n) is 4.29. The fourth-order valence-electron chi connectivity index (χ4n) is 0. The van der Waals surface area contributed by atoms with Gasteiger partial charge in [0.2, 0.25) is 0 Å². The maximum atomic E-state index is 8.55. The van der Waals surface area contributed by atoms with Crippen molar-refractivity contribution in [3.8, 4) is 0 Å². The first-order valence-electron chi connectivity index (χ1n) is 0.730. The van der Waals surface area contributed by atoms with Crippen molar-refractivity contribution in [1.82, 2.24) is 0 Å². The first-order valence-corrected chi connectivity index (χ1v) is 2.19. The van der Waals surface area contributed by atoms with Gasteiger partial charge in [-0.25, -0.2) is 0 Å². The van der Waals surface area contributed by atoms with E-state index in [1.165, 1.54) is 0 Å². The van der Waals surface area contributed by atoms with E-state index < -0.39 is 7.82 Å². The molecule has 0 amide bonds. The van der Waals surface area contributed by atoms with Crippen LogP contribution in [0.4, 0.5) is 0 Å². The molecule has 0 aromatic heterocycles. The molecule has 32 valence electrons. The Morgan fingerprint density at radius 3 is 1.12 bits per heavy atom. The molecule has 4 nitrogen and oxygen atoms in total. The summed E-state index contributed by atoms with van der Waals surface area (Å²) in [6.45, 7) is 0. The minimum absolute atomic E-state index is 0. The van der Waals surface area contributed by atoms with Crippen LogP contribution in [-0.4, -0.2) is 48.7 Å². The molecule has 0 atom stereocenters. The number of phosphoric acid groups is 1. The zero-order chi connectivity index (χ0) is 4.50.